The summed E-state index contributed by atoms with van der Waals surface area (Å²) in [5.41, 5.74) is 3.27. The Bertz CT molecular complexity index is 1120. The zero-order valence-corrected chi connectivity index (χ0v) is 18.6. The molecule has 2 aliphatic rings. The molecule has 0 radical (unpaired) electrons. The molecule has 1 heterocycles. The van der Waals surface area contributed by atoms with Gasteiger partial charge in [0.1, 0.15) is 11.6 Å². The van der Waals surface area contributed by atoms with Gasteiger partial charge in [0.05, 0.1) is 13.2 Å². The van der Waals surface area contributed by atoms with Crippen LogP contribution < -0.4 is 4.74 Å². The zero-order valence-electron chi connectivity index (χ0n) is 18.6. The maximum atomic E-state index is 13.7. The molecule has 3 aromatic carbocycles. The lowest BCUT2D eigenvalue weighted by Crippen LogP contribution is -2.32. The molecule has 5 rings (SSSR count). The van der Waals surface area contributed by atoms with Crippen molar-refractivity contribution >= 4 is 5.91 Å². The second-order valence-electron chi connectivity index (χ2n) is 8.94. The molecule has 2 fully saturated rings. The van der Waals surface area contributed by atoms with E-state index in [2.05, 4.69) is 0 Å². The van der Waals surface area contributed by atoms with Gasteiger partial charge >= 0.3 is 0 Å². The summed E-state index contributed by atoms with van der Waals surface area (Å²) in [6.07, 6.45) is 3.08. The smallest absolute Gasteiger partial charge is 0.254 e. The van der Waals surface area contributed by atoms with Crippen molar-refractivity contribution in [2.75, 3.05) is 19.8 Å². The van der Waals surface area contributed by atoms with Crippen LogP contribution in [0.1, 0.15) is 35.2 Å². The monoisotopic (exact) mass is 445 g/mol. The van der Waals surface area contributed by atoms with Crippen LogP contribution in [-0.2, 0) is 11.3 Å². The number of rotatable bonds is 8. The van der Waals surface area contributed by atoms with E-state index in [0.717, 1.165) is 54.9 Å². The van der Waals surface area contributed by atoms with Crippen molar-refractivity contribution in [3.8, 4) is 16.9 Å². The highest BCUT2D eigenvalue weighted by molar-refractivity contribution is 5.95. The van der Waals surface area contributed by atoms with Crippen LogP contribution in [0.2, 0.25) is 0 Å². The third-order valence-corrected chi connectivity index (χ3v) is 6.28. The lowest BCUT2D eigenvalue weighted by molar-refractivity contribution is 0.0729. The Morgan fingerprint density at radius 1 is 0.970 bits per heavy atom. The van der Waals surface area contributed by atoms with Gasteiger partial charge in [-0.3, -0.25) is 4.79 Å². The number of hydrogen-bond donors (Lipinski definition) is 0. The molecule has 5 heteroatoms. The molecule has 1 amide bonds. The Morgan fingerprint density at radius 2 is 1.76 bits per heavy atom. The number of carbonyl (C=O) groups excluding carboxylic acids is 1. The van der Waals surface area contributed by atoms with Gasteiger partial charge in [-0.15, -0.1) is 0 Å². The zero-order chi connectivity index (χ0) is 22.6. The highest BCUT2D eigenvalue weighted by Crippen LogP contribution is 2.31. The fourth-order valence-electron chi connectivity index (χ4n) is 4.28. The molecule has 1 atom stereocenters. The topological polar surface area (TPSA) is 38.8 Å². The van der Waals surface area contributed by atoms with Crippen LogP contribution in [0.4, 0.5) is 4.39 Å². The minimum Gasteiger partial charge on any atom is -0.493 e. The summed E-state index contributed by atoms with van der Waals surface area (Å²) in [5, 5.41) is 0. The second-order valence-corrected chi connectivity index (χ2v) is 8.94. The summed E-state index contributed by atoms with van der Waals surface area (Å²) in [6.45, 7) is 2.77. The Hall–Kier alpha value is -3.18. The summed E-state index contributed by atoms with van der Waals surface area (Å²) < 4.78 is 25.1. The fourth-order valence-corrected chi connectivity index (χ4v) is 4.28. The Morgan fingerprint density at radius 3 is 2.52 bits per heavy atom. The van der Waals surface area contributed by atoms with Crippen LogP contribution in [0.3, 0.4) is 0 Å². The first-order valence-electron chi connectivity index (χ1n) is 11.6. The molecule has 0 N–H and O–H groups in total. The van der Waals surface area contributed by atoms with E-state index in [0.29, 0.717) is 24.6 Å². The third kappa shape index (κ3) is 5.42. The van der Waals surface area contributed by atoms with Crippen LogP contribution in [-0.4, -0.2) is 36.7 Å². The van der Waals surface area contributed by atoms with Gasteiger partial charge in [-0.05, 0) is 72.4 Å². The van der Waals surface area contributed by atoms with E-state index in [4.69, 9.17) is 9.47 Å². The predicted octanol–water partition coefficient (Wildman–Crippen LogP) is 5.71. The first-order chi connectivity index (χ1) is 16.2. The Balaban J connectivity index is 1.31. The van der Waals surface area contributed by atoms with Gasteiger partial charge in [-0.25, -0.2) is 4.39 Å². The van der Waals surface area contributed by atoms with E-state index in [1.165, 1.54) is 12.1 Å². The minimum atomic E-state index is -0.286. The van der Waals surface area contributed by atoms with Gasteiger partial charge in [0, 0.05) is 30.7 Å². The largest absolute Gasteiger partial charge is 0.493 e. The number of nitrogens with zero attached hydrogens (tertiary/aromatic N) is 1. The summed E-state index contributed by atoms with van der Waals surface area (Å²) in [4.78, 5) is 15.4. The predicted molar refractivity (Wildman–Crippen MR) is 126 cm³/mol. The molecule has 1 saturated heterocycles. The number of halogens is 1. The molecule has 170 valence electrons. The van der Waals surface area contributed by atoms with Crippen LogP contribution in [0.5, 0.6) is 5.75 Å². The van der Waals surface area contributed by atoms with Crippen molar-refractivity contribution in [2.45, 2.75) is 31.8 Å². The van der Waals surface area contributed by atoms with Crippen molar-refractivity contribution < 1.29 is 18.7 Å². The Kier molecular flexibility index (Phi) is 6.40. The first kappa shape index (κ1) is 21.7. The Labute approximate surface area is 193 Å². The molecule has 1 saturated carbocycles. The highest BCUT2D eigenvalue weighted by Gasteiger charge is 2.33. The molecule has 1 aliphatic carbocycles. The molecule has 1 aliphatic heterocycles. The molecule has 0 unspecified atom stereocenters. The standard InChI is InChI=1S/C28H28FNO3/c29-25-8-3-6-23(16-25)22-5-2-7-24(15-22)28(31)30(26-10-11-26)17-20-4-1-9-27(14-20)33-19-21-12-13-32-18-21/h1-9,14-16,21,26H,10-13,17-19H2/t21-/m1/s1. The summed E-state index contributed by atoms with van der Waals surface area (Å²) in [7, 11) is 0. The highest BCUT2D eigenvalue weighted by atomic mass is 19.1. The van der Waals surface area contributed by atoms with Crippen LogP contribution >= 0.6 is 0 Å². The summed E-state index contributed by atoms with van der Waals surface area (Å²) >= 11 is 0. The van der Waals surface area contributed by atoms with Crippen molar-refractivity contribution in [2.24, 2.45) is 5.92 Å². The number of carbonyl (C=O) groups is 1. The van der Waals surface area contributed by atoms with Crippen molar-refractivity contribution in [1.82, 2.24) is 4.90 Å². The van der Waals surface area contributed by atoms with Gasteiger partial charge in [-0.1, -0.05) is 36.4 Å². The van der Waals surface area contributed by atoms with Crippen molar-refractivity contribution in [3.05, 3.63) is 89.7 Å². The fraction of sp³-hybridized carbons (Fsp3) is 0.321. The molecule has 0 spiro atoms. The number of hydrogen-bond acceptors (Lipinski definition) is 3. The number of ether oxygens (including phenoxy) is 2. The molecule has 4 nitrogen and oxygen atoms in total. The molecule has 0 aromatic heterocycles. The average Bonchev–Trinajstić information content (AvgIpc) is 3.55. The maximum Gasteiger partial charge on any atom is 0.254 e. The summed E-state index contributed by atoms with van der Waals surface area (Å²) in [5.74, 6) is 0.996. The minimum absolute atomic E-state index is 0.00480. The number of benzene rings is 3. The molecule has 0 bridgehead atoms. The quantitative estimate of drug-likeness (QED) is 0.446. The molecule has 33 heavy (non-hydrogen) atoms. The molecular weight excluding hydrogens is 417 g/mol. The van der Waals surface area contributed by atoms with Crippen molar-refractivity contribution in [1.29, 1.82) is 0 Å². The normalized spacial score (nSPS) is 17.7. The van der Waals surface area contributed by atoms with E-state index in [9.17, 15) is 9.18 Å². The van der Waals surface area contributed by atoms with Gasteiger partial charge in [-0.2, -0.15) is 0 Å². The van der Waals surface area contributed by atoms with Crippen molar-refractivity contribution in [3.63, 3.8) is 0 Å². The van der Waals surface area contributed by atoms with Gasteiger partial charge < -0.3 is 14.4 Å². The second kappa shape index (κ2) is 9.75. The third-order valence-electron chi connectivity index (χ3n) is 6.28. The van der Waals surface area contributed by atoms with E-state index >= 15 is 0 Å². The molecule has 3 aromatic rings. The SMILES string of the molecule is O=C(c1cccc(-c2cccc(F)c2)c1)N(Cc1cccc(OC[C@@H]2CCOC2)c1)C1CC1. The maximum absolute atomic E-state index is 13.7. The van der Waals surface area contributed by atoms with Crippen LogP contribution in [0.15, 0.2) is 72.8 Å². The van der Waals surface area contributed by atoms with Gasteiger partial charge in [0.2, 0.25) is 0 Å². The van der Waals surface area contributed by atoms with E-state index < -0.39 is 0 Å². The number of amides is 1. The summed E-state index contributed by atoms with van der Waals surface area (Å²) in [6, 6.07) is 22.2. The van der Waals surface area contributed by atoms with Crippen LogP contribution in [0, 0.1) is 11.7 Å². The first-order valence-corrected chi connectivity index (χ1v) is 11.6. The van der Waals surface area contributed by atoms with Gasteiger partial charge in [0.25, 0.3) is 5.91 Å². The van der Waals surface area contributed by atoms with Crippen LogP contribution in [0.25, 0.3) is 11.1 Å². The van der Waals surface area contributed by atoms with E-state index in [1.54, 1.807) is 6.07 Å². The van der Waals surface area contributed by atoms with E-state index in [1.807, 2.05) is 59.5 Å². The molecular formula is C28H28FNO3. The lowest BCUT2D eigenvalue weighted by atomic mass is 10.0. The van der Waals surface area contributed by atoms with Gasteiger partial charge in [0.15, 0.2) is 0 Å². The van der Waals surface area contributed by atoms with E-state index in [-0.39, 0.29) is 17.8 Å². The average molecular weight is 446 g/mol. The lowest BCUT2D eigenvalue weighted by Gasteiger charge is -2.23.